The number of benzene rings is 1. The maximum absolute atomic E-state index is 13.3. The van der Waals surface area contributed by atoms with Gasteiger partial charge in [0.25, 0.3) is 0 Å². The van der Waals surface area contributed by atoms with Crippen LogP contribution < -0.4 is 9.47 Å². The highest BCUT2D eigenvalue weighted by molar-refractivity contribution is 6.27. The van der Waals surface area contributed by atoms with Crippen LogP contribution in [-0.4, -0.2) is 48.6 Å². The molecule has 2 rings (SSSR count). The van der Waals surface area contributed by atoms with Crippen molar-refractivity contribution in [2.45, 2.75) is 52.2 Å². The van der Waals surface area contributed by atoms with E-state index < -0.39 is 29.2 Å². The third-order valence-corrected chi connectivity index (χ3v) is 4.53. The molecule has 0 aliphatic heterocycles. The number of hydrogen-bond acceptors (Lipinski definition) is 7. The van der Waals surface area contributed by atoms with Crippen LogP contribution in [-0.2, 0) is 9.53 Å². The number of ketones is 2. The summed E-state index contributed by atoms with van der Waals surface area (Å²) in [7, 11) is 2.82. The summed E-state index contributed by atoms with van der Waals surface area (Å²) in [6, 6.07) is 3.11. The SMILES string of the molecule is COc1ccc(OC)c2c1C(=O)C=C([C@H](CC=C(C)C)OC(=O)CC(C)(C)O)C2=O. The molecule has 1 aromatic rings. The number of esters is 1. The van der Waals surface area contributed by atoms with E-state index in [0.29, 0.717) is 0 Å². The molecular formula is C23H28O7. The van der Waals surface area contributed by atoms with E-state index in [9.17, 15) is 19.5 Å². The van der Waals surface area contributed by atoms with Crippen molar-refractivity contribution >= 4 is 17.5 Å². The molecule has 0 radical (unpaired) electrons. The highest BCUT2D eigenvalue weighted by atomic mass is 16.5. The van der Waals surface area contributed by atoms with Crippen LogP contribution in [0.4, 0.5) is 0 Å². The van der Waals surface area contributed by atoms with Crippen LogP contribution in [0.2, 0.25) is 0 Å². The lowest BCUT2D eigenvalue weighted by molar-refractivity contribution is -0.151. The van der Waals surface area contributed by atoms with Gasteiger partial charge in [0, 0.05) is 12.0 Å². The molecule has 1 aliphatic rings. The smallest absolute Gasteiger partial charge is 0.309 e. The summed E-state index contributed by atoms with van der Waals surface area (Å²) >= 11 is 0. The number of methoxy groups -OCH3 is 2. The van der Waals surface area contributed by atoms with Gasteiger partial charge >= 0.3 is 5.97 Å². The predicted octanol–water partition coefficient (Wildman–Crippen LogP) is 3.44. The van der Waals surface area contributed by atoms with Crippen LogP contribution in [0.3, 0.4) is 0 Å². The van der Waals surface area contributed by atoms with Gasteiger partial charge in [-0.25, -0.2) is 0 Å². The normalized spacial score (nSPS) is 14.4. The first-order chi connectivity index (χ1) is 14.0. The van der Waals surface area contributed by atoms with Crippen molar-refractivity contribution in [3.8, 4) is 11.5 Å². The molecule has 0 bridgehead atoms. The second-order valence-corrected chi connectivity index (χ2v) is 8.00. The Morgan fingerprint density at radius 1 is 1.10 bits per heavy atom. The average molecular weight is 416 g/mol. The lowest BCUT2D eigenvalue weighted by Crippen LogP contribution is -2.32. The number of carbonyl (C=O) groups is 3. The molecule has 30 heavy (non-hydrogen) atoms. The topological polar surface area (TPSA) is 99.1 Å². The van der Waals surface area contributed by atoms with Crippen molar-refractivity contribution in [3.05, 3.63) is 46.6 Å². The number of hydrogen-bond donors (Lipinski definition) is 1. The summed E-state index contributed by atoms with van der Waals surface area (Å²) in [5.74, 6) is -1.07. The lowest BCUT2D eigenvalue weighted by Gasteiger charge is -2.25. The summed E-state index contributed by atoms with van der Waals surface area (Å²) in [4.78, 5) is 38.6. The standard InChI is InChI=1S/C23H28O7/c1-13(2)7-8-16(30-19(25)12-23(3,4)27)14-11-15(24)20-17(28-5)9-10-18(29-6)21(20)22(14)26/h7,9-11,16,27H,8,12H2,1-6H3/t16-/m0/s1. The van der Waals surface area contributed by atoms with Crippen LogP contribution in [0.15, 0.2) is 35.4 Å². The van der Waals surface area contributed by atoms with E-state index in [-0.39, 0.29) is 41.0 Å². The van der Waals surface area contributed by atoms with E-state index in [1.807, 2.05) is 19.9 Å². The Kier molecular flexibility index (Phi) is 7.21. The molecule has 0 aromatic heterocycles. The Balaban J connectivity index is 2.50. The minimum atomic E-state index is -1.26. The quantitative estimate of drug-likeness (QED) is 0.512. The Morgan fingerprint density at radius 2 is 1.67 bits per heavy atom. The molecule has 1 N–H and O–H groups in total. The largest absolute Gasteiger partial charge is 0.496 e. The fraction of sp³-hybridized carbons (Fsp3) is 0.435. The molecule has 7 nitrogen and oxygen atoms in total. The highest BCUT2D eigenvalue weighted by Crippen LogP contribution is 2.37. The van der Waals surface area contributed by atoms with Crippen LogP contribution in [0, 0.1) is 0 Å². The number of aliphatic hydroxyl groups is 1. The average Bonchev–Trinajstić information content (AvgIpc) is 2.65. The van der Waals surface area contributed by atoms with Gasteiger partial charge in [0.1, 0.15) is 17.6 Å². The van der Waals surface area contributed by atoms with Crippen molar-refractivity contribution in [2.24, 2.45) is 0 Å². The van der Waals surface area contributed by atoms with Crippen LogP contribution in [0.25, 0.3) is 0 Å². The fourth-order valence-corrected chi connectivity index (χ4v) is 3.17. The number of rotatable bonds is 8. The van der Waals surface area contributed by atoms with Crippen LogP contribution in [0.1, 0.15) is 61.3 Å². The van der Waals surface area contributed by atoms with Crippen LogP contribution >= 0.6 is 0 Å². The van der Waals surface area contributed by atoms with Gasteiger partial charge in [-0.3, -0.25) is 14.4 Å². The van der Waals surface area contributed by atoms with Crippen LogP contribution in [0.5, 0.6) is 11.5 Å². The summed E-state index contributed by atoms with van der Waals surface area (Å²) < 4.78 is 16.1. The zero-order valence-electron chi connectivity index (χ0n) is 18.2. The van der Waals surface area contributed by atoms with E-state index in [0.717, 1.165) is 5.57 Å². The molecule has 0 spiro atoms. The second-order valence-electron chi connectivity index (χ2n) is 8.00. The lowest BCUT2D eigenvalue weighted by atomic mass is 9.85. The zero-order valence-corrected chi connectivity index (χ0v) is 18.2. The number of allylic oxidation sites excluding steroid dienone is 2. The molecular weight excluding hydrogens is 388 g/mol. The molecule has 7 heteroatoms. The van der Waals surface area contributed by atoms with Gasteiger partial charge in [-0.15, -0.1) is 0 Å². The molecule has 0 fully saturated rings. The van der Waals surface area contributed by atoms with Gasteiger partial charge in [0.2, 0.25) is 0 Å². The van der Waals surface area contributed by atoms with Crippen molar-refractivity contribution in [1.29, 1.82) is 0 Å². The molecule has 1 atom stereocenters. The summed E-state index contributed by atoms with van der Waals surface area (Å²) in [5.41, 5.74) is -0.0363. The first-order valence-corrected chi connectivity index (χ1v) is 9.59. The third kappa shape index (κ3) is 5.36. The second kappa shape index (κ2) is 9.26. The minimum Gasteiger partial charge on any atom is -0.496 e. The van der Waals surface area contributed by atoms with Gasteiger partial charge < -0.3 is 19.3 Å². The molecule has 0 saturated carbocycles. The molecule has 0 amide bonds. The Bertz CT molecular complexity index is 912. The van der Waals surface area contributed by atoms with Gasteiger partial charge in [0.05, 0.1) is 37.4 Å². The first-order valence-electron chi connectivity index (χ1n) is 9.59. The number of Topliss-reactive ketones (excluding diaryl/α,β-unsaturated/α-hetero) is 1. The summed E-state index contributed by atoms with van der Waals surface area (Å²) in [5, 5.41) is 9.90. The summed E-state index contributed by atoms with van der Waals surface area (Å²) in [6.07, 6.45) is 2.00. The Hall–Kier alpha value is -2.93. The maximum Gasteiger partial charge on any atom is 0.309 e. The number of fused-ring (bicyclic) bond motifs is 1. The van der Waals surface area contributed by atoms with Crippen molar-refractivity contribution < 1.29 is 33.7 Å². The van der Waals surface area contributed by atoms with E-state index in [4.69, 9.17) is 14.2 Å². The highest BCUT2D eigenvalue weighted by Gasteiger charge is 2.36. The monoisotopic (exact) mass is 416 g/mol. The predicted molar refractivity (Wildman–Crippen MR) is 111 cm³/mol. The molecule has 1 aliphatic carbocycles. The Morgan fingerprint density at radius 3 is 2.17 bits per heavy atom. The first kappa shape index (κ1) is 23.3. The van der Waals surface area contributed by atoms with E-state index in [1.165, 1.54) is 34.1 Å². The van der Waals surface area contributed by atoms with Gasteiger partial charge in [0.15, 0.2) is 11.6 Å². The number of ether oxygens (including phenoxy) is 3. The van der Waals surface area contributed by atoms with Gasteiger partial charge in [-0.2, -0.15) is 0 Å². The number of carbonyl (C=O) groups excluding carboxylic acids is 3. The van der Waals surface area contributed by atoms with Crippen molar-refractivity contribution in [3.63, 3.8) is 0 Å². The molecule has 0 heterocycles. The van der Waals surface area contributed by atoms with Crippen molar-refractivity contribution in [1.82, 2.24) is 0 Å². The molecule has 0 unspecified atom stereocenters. The minimum absolute atomic E-state index is 0.0562. The Labute approximate surface area is 176 Å². The summed E-state index contributed by atoms with van der Waals surface area (Å²) in [6.45, 7) is 6.73. The van der Waals surface area contributed by atoms with Gasteiger partial charge in [-0.1, -0.05) is 11.6 Å². The molecule has 162 valence electrons. The zero-order chi connectivity index (χ0) is 22.6. The van der Waals surface area contributed by atoms with E-state index in [2.05, 4.69) is 0 Å². The van der Waals surface area contributed by atoms with Crippen molar-refractivity contribution in [2.75, 3.05) is 14.2 Å². The van der Waals surface area contributed by atoms with E-state index in [1.54, 1.807) is 12.1 Å². The molecule has 0 saturated heterocycles. The maximum atomic E-state index is 13.3. The van der Waals surface area contributed by atoms with E-state index >= 15 is 0 Å². The van der Waals surface area contributed by atoms with Gasteiger partial charge in [-0.05, 0) is 45.9 Å². The molecule has 1 aromatic carbocycles. The third-order valence-electron chi connectivity index (χ3n) is 4.53. The fourth-order valence-electron chi connectivity index (χ4n) is 3.17.